The summed E-state index contributed by atoms with van der Waals surface area (Å²) < 4.78 is 32.3. The highest BCUT2D eigenvalue weighted by molar-refractivity contribution is 5.80. The highest BCUT2D eigenvalue weighted by Crippen LogP contribution is 2.24. The number of imidazole rings is 7. The molecule has 0 saturated heterocycles. The van der Waals surface area contributed by atoms with Gasteiger partial charge in [0.15, 0.2) is 77.2 Å². The fourth-order valence-electron chi connectivity index (χ4n) is 15.3. The van der Waals surface area contributed by atoms with E-state index in [1.165, 1.54) is 163 Å². The molecule has 0 N–H and O–H groups in total. The molecule has 0 aliphatic carbocycles. The second kappa shape index (κ2) is 31.8. The number of para-hydroxylation sites is 4. The van der Waals surface area contributed by atoms with Crippen molar-refractivity contribution in [3.8, 4) is 0 Å². The minimum atomic E-state index is 1.03. The number of aryl methyl sites for hydroxylation is 22. The summed E-state index contributed by atoms with van der Waals surface area (Å²) in [7, 11) is 14.9. The predicted octanol–water partition coefficient (Wildman–Crippen LogP) is 15.0. The predicted molar refractivity (Wildman–Crippen MR) is 413 cm³/mol. The van der Waals surface area contributed by atoms with Crippen molar-refractivity contribution >= 4 is 77.2 Å². The minimum Gasteiger partial charge on any atom is -0.230 e. The Labute approximate surface area is 592 Å². The van der Waals surface area contributed by atoms with Crippen molar-refractivity contribution in [3.05, 3.63) is 207 Å². The quantitative estimate of drug-likeness (QED) is 0.143. The maximum absolute atomic E-state index is 2.37. The molecule has 0 radical (unpaired) electrons. The number of rotatable bonds is 7. The number of hydrogen-bond acceptors (Lipinski definition) is 0. The van der Waals surface area contributed by atoms with E-state index in [4.69, 9.17) is 0 Å². The molecule has 14 heteroatoms. The van der Waals surface area contributed by atoms with Gasteiger partial charge in [-0.05, 0) is 187 Å². The lowest BCUT2D eigenvalue weighted by molar-refractivity contribution is -0.675. The molecule has 0 unspecified atom stereocenters. The van der Waals surface area contributed by atoms with Crippen molar-refractivity contribution in [2.45, 2.75) is 198 Å². The average molecular weight is 1340 g/mol. The Morgan fingerprint density at radius 3 is 1.18 bits per heavy atom. The number of aromatic nitrogens is 14. The van der Waals surface area contributed by atoms with Crippen molar-refractivity contribution in [2.75, 3.05) is 0 Å². The Balaban J connectivity index is 0.000000147. The molecule has 14 aromatic rings. The fraction of sp³-hybridized carbons (Fsp3) is 0.424. The molecule has 0 aliphatic rings. The molecule has 99 heavy (non-hydrogen) atoms. The van der Waals surface area contributed by atoms with Crippen LogP contribution in [0.5, 0.6) is 0 Å². The largest absolute Gasteiger partial charge is 0.253 e. The molecule has 0 saturated carbocycles. The summed E-state index contributed by atoms with van der Waals surface area (Å²) in [6.07, 6.45) is 0. The van der Waals surface area contributed by atoms with Gasteiger partial charge in [0.05, 0.1) is 95.1 Å². The Hall–Kier alpha value is -9.17. The van der Waals surface area contributed by atoms with Crippen LogP contribution in [0.3, 0.4) is 0 Å². The van der Waals surface area contributed by atoms with E-state index >= 15 is 0 Å². The van der Waals surface area contributed by atoms with Crippen molar-refractivity contribution in [1.29, 1.82) is 0 Å². The van der Waals surface area contributed by atoms with E-state index in [-0.39, 0.29) is 0 Å². The van der Waals surface area contributed by atoms with E-state index < -0.39 is 0 Å². The van der Waals surface area contributed by atoms with Crippen LogP contribution >= 0.6 is 0 Å². The molecule has 14 nitrogen and oxygen atoms in total. The fourth-order valence-corrected chi connectivity index (χ4v) is 15.3. The van der Waals surface area contributed by atoms with Gasteiger partial charge in [0.25, 0.3) is 40.8 Å². The smallest absolute Gasteiger partial charge is 0.230 e. The number of hydrogen-bond donors (Lipinski definition) is 0. The SMILES string of the molecule is CC[n+]1c(C)n(C)c2cc(C)ccc21.CC[n+]1c(C)n(C)c2cccc(C)c21.CCn1c(C)[n+](C)c2c(C)c(C)ccc21.CCn1c(C)[n+](C)c2c(C)cc(C)cc21.CCn1c(C)[n+](C)c2c(C)cccc21.CCn1c(C)[n+](C)c2ccc(C)cc21.CCn1c(C)[n+](C)c2ccccc21. The minimum absolute atomic E-state index is 1.03. The van der Waals surface area contributed by atoms with Gasteiger partial charge in [-0.2, -0.15) is 0 Å². The lowest BCUT2D eigenvalue weighted by Crippen LogP contribution is -2.35. The summed E-state index contributed by atoms with van der Waals surface area (Å²) in [4.78, 5) is 0. The first kappa shape index (κ1) is 75.6. The second-order valence-corrected chi connectivity index (χ2v) is 27.1. The third-order valence-corrected chi connectivity index (χ3v) is 21.5. The Kier molecular flexibility index (Phi) is 24.3. The summed E-state index contributed by atoms with van der Waals surface area (Å²) in [6, 6.07) is 43.7. The van der Waals surface area contributed by atoms with Crippen LogP contribution in [0.1, 0.15) is 134 Å². The van der Waals surface area contributed by atoms with Crippen LogP contribution in [-0.2, 0) is 95.1 Å². The molecule has 0 spiro atoms. The monoisotopic (exact) mass is 1340 g/mol. The summed E-state index contributed by atoms with van der Waals surface area (Å²) in [5, 5.41) is 0. The molecule has 7 heterocycles. The molecular weight excluding hydrogens is 1220 g/mol. The summed E-state index contributed by atoms with van der Waals surface area (Å²) in [5.74, 6) is 9.21. The van der Waals surface area contributed by atoms with Gasteiger partial charge in [-0.3, -0.25) is 0 Å². The van der Waals surface area contributed by atoms with E-state index in [2.05, 4.69) is 387 Å². The van der Waals surface area contributed by atoms with Crippen molar-refractivity contribution in [1.82, 2.24) is 32.0 Å². The Morgan fingerprint density at radius 1 is 0.263 bits per heavy atom. The van der Waals surface area contributed by atoms with Gasteiger partial charge < -0.3 is 0 Å². The van der Waals surface area contributed by atoms with E-state index in [9.17, 15) is 0 Å². The van der Waals surface area contributed by atoms with Crippen LogP contribution in [0.25, 0.3) is 77.2 Å². The highest BCUT2D eigenvalue weighted by Gasteiger charge is 2.25. The molecule has 0 bridgehead atoms. The lowest BCUT2D eigenvalue weighted by Gasteiger charge is -1.99. The van der Waals surface area contributed by atoms with Crippen molar-refractivity contribution in [3.63, 3.8) is 0 Å². The van der Waals surface area contributed by atoms with Gasteiger partial charge in [-0.25, -0.2) is 63.9 Å². The number of nitrogens with zero attached hydrogens (tertiary/aromatic N) is 14. The standard InChI is InChI=1S/2C13H19N2.4C12H17N2.C11H15N2/c1-6-15-11(4)14(5)13-10(3)7-9(2)8-12(13)15;1-6-15-11(4)14(5)13-10(3)9(2)7-8-12(13)15;1-5-14-10(3)13(4)12-8-9(2)6-7-11(12)14;1-5-14-10(3)13(4)11-7-6-9(2)8-12(11)14;1-5-14-10(3)13(4)12-9(2)7-6-8-11(12)14;1-5-14-10(3)13(4)11-8-6-7-9(2)12(11)14;1-4-13-9(2)12(3)10-7-5-6-8-11(10)13/h2*7-8H,6H2,1-5H3;4*6-8H,5H2,1-4H3;5-8H,4H2,1-3H3/q7*+1. The topological polar surface area (TPSA) is 61.7 Å². The van der Waals surface area contributed by atoms with E-state index in [0.29, 0.717) is 0 Å². The normalized spacial score (nSPS) is 11.2. The molecular formula is C85H121N14+7. The van der Waals surface area contributed by atoms with Gasteiger partial charge >= 0.3 is 0 Å². The van der Waals surface area contributed by atoms with Crippen LogP contribution in [0.4, 0.5) is 0 Å². The zero-order chi connectivity index (χ0) is 72.9. The van der Waals surface area contributed by atoms with Gasteiger partial charge in [0.1, 0.15) is 0 Å². The van der Waals surface area contributed by atoms with Crippen LogP contribution in [0.15, 0.2) is 121 Å². The molecule has 7 aromatic carbocycles. The summed E-state index contributed by atoms with van der Waals surface area (Å²) in [6.45, 7) is 55.1. The lowest BCUT2D eigenvalue weighted by atomic mass is 10.1. The maximum Gasteiger partial charge on any atom is 0.253 e. The first-order valence-electron chi connectivity index (χ1n) is 36.2. The van der Waals surface area contributed by atoms with Crippen LogP contribution in [0, 0.1) is 104 Å². The Morgan fingerprint density at radius 2 is 0.646 bits per heavy atom. The van der Waals surface area contributed by atoms with Gasteiger partial charge in [0.2, 0.25) is 0 Å². The summed E-state index contributed by atoms with van der Waals surface area (Å²) in [5.41, 5.74) is 29.6. The Bertz CT molecular complexity index is 5220. The first-order chi connectivity index (χ1) is 47.0. The van der Waals surface area contributed by atoms with E-state index in [1.807, 2.05) is 0 Å². The molecule has 0 atom stereocenters. The first-order valence-corrected chi connectivity index (χ1v) is 36.2. The van der Waals surface area contributed by atoms with Crippen LogP contribution < -0.4 is 32.0 Å². The number of fused-ring (bicyclic) bond motifs is 7. The highest BCUT2D eigenvalue weighted by atomic mass is 15.2. The maximum atomic E-state index is 2.37. The third-order valence-electron chi connectivity index (χ3n) is 21.5. The third kappa shape index (κ3) is 14.5. The molecule has 0 fully saturated rings. The zero-order valence-corrected chi connectivity index (χ0v) is 66.3. The van der Waals surface area contributed by atoms with Gasteiger partial charge in [-0.15, -0.1) is 0 Å². The average Bonchev–Trinajstić information content (AvgIpc) is 1.62. The van der Waals surface area contributed by atoms with Gasteiger partial charge in [-0.1, -0.05) is 60.7 Å². The molecule has 0 amide bonds. The molecule has 14 rings (SSSR count). The van der Waals surface area contributed by atoms with Crippen LogP contribution in [-0.4, -0.2) is 32.0 Å². The van der Waals surface area contributed by atoms with E-state index in [1.54, 1.807) is 0 Å². The molecule has 524 valence electrons. The summed E-state index contributed by atoms with van der Waals surface area (Å²) >= 11 is 0. The molecule has 0 aliphatic heterocycles. The van der Waals surface area contributed by atoms with E-state index in [0.717, 1.165) is 45.8 Å². The molecule has 7 aromatic heterocycles. The number of benzene rings is 7. The van der Waals surface area contributed by atoms with Gasteiger partial charge in [0, 0.05) is 70.7 Å². The van der Waals surface area contributed by atoms with Crippen molar-refractivity contribution < 1.29 is 32.0 Å². The van der Waals surface area contributed by atoms with Crippen LogP contribution in [0.2, 0.25) is 0 Å². The zero-order valence-electron chi connectivity index (χ0n) is 66.3. The van der Waals surface area contributed by atoms with Crippen molar-refractivity contribution in [2.24, 2.45) is 49.3 Å². The second-order valence-electron chi connectivity index (χ2n) is 27.1.